The predicted octanol–water partition coefficient (Wildman–Crippen LogP) is 1.62. The molecule has 0 fully saturated rings. The van der Waals surface area contributed by atoms with Crippen molar-refractivity contribution in [3.63, 3.8) is 0 Å². The fourth-order valence-electron chi connectivity index (χ4n) is 2.69. The van der Waals surface area contributed by atoms with Gasteiger partial charge in [-0.15, -0.1) is 13.2 Å². The van der Waals surface area contributed by atoms with Crippen molar-refractivity contribution in [2.45, 2.75) is 53.2 Å². The van der Waals surface area contributed by atoms with E-state index in [0.29, 0.717) is 12.5 Å². The highest BCUT2D eigenvalue weighted by Gasteiger charge is 2.20. The average molecular weight is 321 g/mol. The maximum absolute atomic E-state index is 12.6. The summed E-state index contributed by atoms with van der Waals surface area (Å²) in [6.45, 7) is 13.9. The lowest BCUT2D eigenvalue weighted by Crippen LogP contribution is -2.55. The van der Waals surface area contributed by atoms with Gasteiger partial charge in [-0.25, -0.2) is 28.1 Å². The normalized spacial score (nSPS) is 13.5. The number of hydrogen-bond acceptors (Lipinski definition) is 3. The second kappa shape index (κ2) is 8.50. The molecule has 0 saturated heterocycles. The summed E-state index contributed by atoms with van der Waals surface area (Å²) in [5, 5.41) is 0. The first kappa shape index (κ1) is 18.9. The van der Waals surface area contributed by atoms with E-state index in [-0.39, 0.29) is 19.0 Å². The molecule has 1 aromatic heterocycles. The zero-order chi connectivity index (χ0) is 17.6. The lowest BCUT2D eigenvalue weighted by molar-refractivity contribution is 0.280. The molecule has 0 amide bonds. The summed E-state index contributed by atoms with van der Waals surface area (Å²) >= 11 is 0. The Morgan fingerprint density at radius 3 is 1.65 bits per heavy atom. The van der Waals surface area contributed by atoms with Crippen LogP contribution in [0.1, 0.15) is 33.6 Å². The third-order valence-electron chi connectivity index (χ3n) is 4.40. The van der Waals surface area contributed by atoms with Gasteiger partial charge in [0.2, 0.25) is 0 Å². The van der Waals surface area contributed by atoms with Crippen LogP contribution in [0.4, 0.5) is 0 Å². The van der Waals surface area contributed by atoms with E-state index in [0.717, 1.165) is 22.0 Å². The maximum Gasteiger partial charge on any atom is 0.336 e. The molecule has 0 saturated carbocycles. The van der Waals surface area contributed by atoms with Crippen LogP contribution in [0.25, 0.3) is 0 Å². The van der Waals surface area contributed by atoms with E-state index in [4.69, 9.17) is 0 Å². The second-order valence-electron chi connectivity index (χ2n) is 5.81. The summed E-state index contributed by atoms with van der Waals surface area (Å²) in [6, 6.07) is 0. The highest BCUT2D eigenvalue weighted by Crippen LogP contribution is 2.19. The van der Waals surface area contributed by atoms with Crippen LogP contribution in [-0.4, -0.2) is 13.7 Å². The Kier molecular flexibility index (Phi) is 7.00. The van der Waals surface area contributed by atoms with Crippen LogP contribution in [0.2, 0.25) is 0 Å². The van der Waals surface area contributed by atoms with Gasteiger partial charge >= 0.3 is 17.1 Å². The lowest BCUT2D eigenvalue weighted by Gasteiger charge is -2.22. The molecule has 23 heavy (non-hydrogen) atoms. The van der Waals surface area contributed by atoms with Crippen molar-refractivity contribution in [1.29, 1.82) is 0 Å². The molecule has 1 heterocycles. The fraction of sp³-hybridized carbons (Fsp3) is 0.588. The molecule has 0 N–H and O–H groups in total. The van der Waals surface area contributed by atoms with E-state index in [1.807, 2.05) is 6.92 Å². The lowest BCUT2D eigenvalue weighted by atomic mass is 9.89. The van der Waals surface area contributed by atoms with Gasteiger partial charge < -0.3 is 0 Å². The van der Waals surface area contributed by atoms with Crippen LogP contribution in [0.15, 0.2) is 39.7 Å². The molecule has 1 aromatic rings. The minimum absolute atomic E-state index is 0.0786. The summed E-state index contributed by atoms with van der Waals surface area (Å²) in [5.41, 5.74) is -1.75. The van der Waals surface area contributed by atoms with Crippen LogP contribution in [-0.2, 0) is 19.6 Å². The Hall–Kier alpha value is -2.11. The van der Waals surface area contributed by atoms with Crippen LogP contribution in [0.3, 0.4) is 0 Å². The first-order valence-electron chi connectivity index (χ1n) is 8.09. The van der Waals surface area contributed by atoms with E-state index >= 15 is 0 Å². The first-order valence-corrected chi connectivity index (χ1v) is 8.09. The van der Waals surface area contributed by atoms with E-state index in [2.05, 4.69) is 27.0 Å². The van der Waals surface area contributed by atoms with Crippen LogP contribution < -0.4 is 17.1 Å². The van der Waals surface area contributed by atoms with Gasteiger partial charge in [-0.3, -0.25) is 0 Å². The summed E-state index contributed by atoms with van der Waals surface area (Å²) in [6.07, 6.45) is 4.78. The Bertz CT molecular complexity index is 676. The number of nitrogens with zero attached hydrogens (tertiary/aromatic N) is 3. The van der Waals surface area contributed by atoms with Gasteiger partial charge in [0.1, 0.15) is 0 Å². The molecule has 0 aromatic carbocycles. The van der Waals surface area contributed by atoms with Gasteiger partial charge in [0.05, 0.1) is 13.1 Å². The SMILES string of the molecule is C=CCn1c(=O)n(CC=C)c(=O)n(CC(CC)C(C)CC)c1=O. The quantitative estimate of drug-likeness (QED) is 0.649. The maximum atomic E-state index is 12.6. The van der Waals surface area contributed by atoms with Gasteiger partial charge in [-0.1, -0.05) is 45.8 Å². The van der Waals surface area contributed by atoms with Crippen molar-refractivity contribution in [1.82, 2.24) is 13.7 Å². The number of aromatic nitrogens is 3. The molecule has 6 nitrogen and oxygen atoms in total. The predicted molar refractivity (Wildman–Crippen MR) is 92.9 cm³/mol. The Morgan fingerprint density at radius 2 is 1.30 bits per heavy atom. The molecule has 0 aliphatic heterocycles. The van der Waals surface area contributed by atoms with E-state index < -0.39 is 17.1 Å². The van der Waals surface area contributed by atoms with Crippen molar-refractivity contribution in [2.75, 3.05) is 0 Å². The number of allylic oxidation sites excluding steroid dienone is 2. The number of rotatable bonds is 9. The molecule has 128 valence electrons. The summed E-state index contributed by atoms with van der Waals surface area (Å²) in [4.78, 5) is 37.4. The highest BCUT2D eigenvalue weighted by atomic mass is 16.2. The summed E-state index contributed by atoms with van der Waals surface area (Å²) in [5.74, 6) is 0.594. The first-order chi connectivity index (χ1) is 10.9. The van der Waals surface area contributed by atoms with E-state index in [9.17, 15) is 14.4 Å². The fourth-order valence-corrected chi connectivity index (χ4v) is 2.69. The second-order valence-corrected chi connectivity index (χ2v) is 5.81. The van der Waals surface area contributed by atoms with Crippen molar-refractivity contribution >= 4 is 0 Å². The van der Waals surface area contributed by atoms with Crippen LogP contribution in [0, 0.1) is 11.8 Å². The Balaban J connectivity index is 3.55. The Labute approximate surface area is 136 Å². The standard InChI is InChI=1S/C17H27N3O3/c1-6-10-18-15(21)19(11-7-2)17(23)20(16(18)22)12-14(9-4)13(5)8-3/h6-7,13-14H,1-2,8-12H2,3-5H3. The Morgan fingerprint density at radius 1 is 0.870 bits per heavy atom. The number of hydrogen-bond donors (Lipinski definition) is 0. The van der Waals surface area contributed by atoms with Crippen molar-refractivity contribution in [3.05, 3.63) is 56.8 Å². The third kappa shape index (κ3) is 4.00. The van der Waals surface area contributed by atoms with Crippen molar-refractivity contribution in [3.8, 4) is 0 Å². The molecule has 0 aliphatic rings. The molecule has 0 bridgehead atoms. The molecule has 2 unspecified atom stereocenters. The summed E-state index contributed by atoms with van der Waals surface area (Å²) in [7, 11) is 0. The third-order valence-corrected chi connectivity index (χ3v) is 4.40. The van der Waals surface area contributed by atoms with Gasteiger partial charge in [0.25, 0.3) is 0 Å². The summed E-state index contributed by atoms with van der Waals surface area (Å²) < 4.78 is 3.26. The van der Waals surface area contributed by atoms with Gasteiger partial charge in [-0.2, -0.15) is 0 Å². The topological polar surface area (TPSA) is 66.0 Å². The highest BCUT2D eigenvalue weighted by molar-refractivity contribution is 4.85. The minimum atomic E-state index is -0.618. The average Bonchev–Trinajstić information content (AvgIpc) is 2.55. The zero-order valence-corrected chi connectivity index (χ0v) is 14.3. The molecule has 0 spiro atoms. The minimum Gasteiger partial charge on any atom is -0.247 e. The van der Waals surface area contributed by atoms with Gasteiger partial charge in [0.15, 0.2) is 0 Å². The molecule has 2 atom stereocenters. The zero-order valence-electron chi connectivity index (χ0n) is 14.3. The van der Waals surface area contributed by atoms with Gasteiger partial charge in [-0.05, 0) is 11.8 Å². The molecule has 1 rings (SSSR count). The van der Waals surface area contributed by atoms with Crippen LogP contribution >= 0.6 is 0 Å². The largest absolute Gasteiger partial charge is 0.336 e. The van der Waals surface area contributed by atoms with E-state index in [1.54, 1.807) is 0 Å². The van der Waals surface area contributed by atoms with E-state index in [1.165, 1.54) is 16.7 Å². The smallest absolute Gasteiger partial charge is 0.247 e. The molecule has 0 aliphatic carbocycles. The van der Waals surface area contributed by atoms with Crippen LogP contribution in [0.5, 0.6) is 0 Å². The van der Waals surface area contributed by atoms with Gasteiger partial charge in [0, 0.05) is 6.54 Å². The van der Waals surface area contributed by atoms with Crippen molar-refractivity contribution < 1.29 is 0 Å². The monoisotopic (exact) mass is 321 g/mol. The molecule has 0 radical (unpaired) electrons. The molecule has 6 heteroatoms. The molecular formula is C17H27N3O3. The van der Waals surface area contributed by atoms with Crippen molar-refractivity contribution in [2.24, 2.45) is 11.8 Å². The molecular weight excluding hydrogens is 294 g/mol.